The lowest BCUT2D eigenvalue weighted by atomic mass is 10.2. The highest BCUT2D eigenvalue weighted by Crippen LogP contribution is 2.38. The molecule has 1 aromatic heterocycles. The predicted molar refractivity (Wildman–Crippen MR) is 95.3 cm³/mol. The van der Waals surface area contributed by atoms with Gasteiger partial charge in [0, 0.05) is 17.0 Å². The Morgan fingerprint density at radius 3 is 2.22 bits per heavy atom. The van der Waals surface area contributed by atoms with Crippen molar-refractivity contribution < 1.29 is 4.79 Å². The monoisotopic (exact) mass is 389 g/mol. The van der Waals surface area contributed by atoms with Gasteiger partial charge >= 0.3 is 0 Å². The molecule has 0 spiro atoms. The molecule has 0 aliphatic heterocycles. The standard InChI is InChI=1S/C15H14Cl3N3OS/c1-9-8-10(2)20-14(19-9)23-13(15(16,17)18)21-12(22)11-6-4-3-5-7-11/h3-8,13H,1-2H3,(H,21,22)/t13-/m0/s1. The van der Waals surface area contributed by atoms with E-state index in [2.05, 4.69) is 15.3 Å². The highest BCUT2D eigenvalue weighted by molar-refractivity contribution is 8.00. The van der Waals surface area contributed by atoms with Gasteiger partial charge in [0.2, 0.25) is 3.79 Å². The van der Waals surface area contributed by atoms with Gasteiger partial charge in [-0.3, -0.25) is 4.79 Å². The van der Waals surface area contributed by atoms with Gasteiger partial charge in [-0.05, 0) is 32.0 Å². The summed E-state index contributed by atoms with van der Waals surface area (Å²) in [6.07, 6.45) is 0. The number of carbonyl (C=O) groups excluding carboxylic acids is 1. The van der Waals surface area contributed by atoms with E-state index in [9.17, 15) is 4.79 Å². The summed E-state index contributed by atoms with van der Waals surface area (Å²) in [6.45, 7) is 3.71. The van der Waals surface area contributed by atoms with Crippen LogP contribution in [-0.2, 0) is 0 Å². The molecule has 2 aromatic rings. The maximum Gasteiger partial charge on any atom is 0.252 e. The number of rotatable bonds is 4. The number of aromatic nitrogens is 2. The van der Waals surface area contributed by atoms with Crippen LogP contribution in [0.4, 0.5) is 0 Å². The van der Waals surface area contributed by atoms with Crippen LogP contribution in [-0.4, -0.2) is 25.0 Å². The molecule has 1 amide bonds. The number of aryl methyl sites for hydroxylation is 2. The highest BCUT2D eigenvalue weighted by Gasteiger charge is 2.36. The second-order valence-electron chi connectivity index (χ2n) is 4.81. The molecule has 1 N–H and O–H groups in total. The Morgan fingerprint density at radius 2 is 1.70 bits per heavy atom. The van der Waals surface area contributed by atoms with Gasteiger partial charge < -0.3 is 5.32 Å². The fourth-order valence-electron chi connectivity index (χ4n) is 1.82. The number of alkyl halides is 3. The number of hydrogen-bond acceptors (Lipinski definition) is 4. The minimum absolute atomic E-state index is 0.334. The lowest BCUT2D eigenvalue weighted by Crippen LogP contribution is -2.41. The Hall–Kier alpha value is -1.01. The predicted octanol–water partition coefficient (Wildman–Crippen LogP) is 4.31. The van der Waals surface area contributed by atoms with Crippen LogP contribution in [0.25, 0.3) is 0 Å². The fraction of sp³-hybridized carbons (Fsp3) is 0.267. The van der Waals surface area contributed by atoms with Crippen LogP contribution < -0.4 is 5.32 Å². The van der Waals surface area contributed by atoms with Crippen molar-refractivity contribution in [2.45, 2.75) is 28.2 Å². The van der Waals surface area contributed by atoms with Crippen molar-refractivity contribution in [2.75, 3.05) is 0 Å². The van der Waals surface area contributed by atoms with Gasteiger partial charge in [0.25, 0.3) is 5.91 Å². The number of nitrogens with one attached hydrogen (secondary N) is 1. The molecule has 23 heavy (non-hydrogen) atoms. The van der Waals surface area contributed by atoms with E-state index in [-0.39, 0.29) is 5.91 Å². The maximum absolute atomic E-state index is 12.3. The van der Waals surface area contributed by atoms with Crippen molar-refractivity contribution in [3.8, 4) is 0 Å². The van der Waals surface area contributed by atoms with Crippen LogP contribution in [0.3, 0.4) is 0 Å². The zero-order valence-corrected chi connectivity index (χ0v) is 15.5. The summed E-state index contributed by atoms with van der Waals surface area (Å²) in [5.74, 6) is -0.334. The van der Waals surface area contributed by atoms with E-state index in [1.165, 1.54) is 0 Å². The zero-order valence-electron chi connectivity index (χ0n) is 12.4. The first-order valence-corrected chi connectivity index (χ1v) is 8.68. The quantitative estimate of drug-likeness (QED) is 0.366. The summed E-state index contributed by atoms with van der Waals surface area (Å²) < 4.78 is -1.71. The largest absolute Gasteiger partial charge is 0.336 e. The third-order valence-corrected chi connectivity index (χ3v) is 4.92. The number of halogens is 3. The molecule has 8 heteroatoms. The van der Waals surface area contributed by atoms with Gasteiger partial charge in [0.05, 0.1) is 0 Å². The minimum atomic E-state index is -1.71. The van der Waals surface area contributed by atoms with Crippen molar-refractivity contribution in [1.82, 2.24) is 15.3 Å². The molecular formula is C15H14Cl3N3OS. The number of hydrogen-bond donors (Lipinski definition) is 1. The Bertz CT molecular complexity index is 672. The lowest BCUT2D eigenvalue weighted by Gasteiger charge is -2.24. The molecule has 0 saturated heterocycles. The first kappa shape index (κ1) is 18.3. The molecule has 4 nitrogen and oxygen atoms in total. The molecule has 0 bridgehead atoms. The highest BCUT2D eigenvalue weighted by atomic mass is 35.6. The van der Waals surface area contributed by atoms with E-state index < -0.39 is 9.17 Å². The fourth-order valence-corrected chi connectivity index (χ4v) is 3.29. The van der Waals surface area contributed by atoms with Gasteiger partial charge in [-0.1, -0.05) is 64.8 Å². The van der Waals surface area contributed by atoms with Crippen molar-refractivity contribution >= 4 is 52.5 Å². The number of nitrogens with zero attached hydrogens (tertiary/aromatic N) is 2. The molecule has 0 unspecified atom stereocenters. The van der Waals surface area contributed by atoms with Crippen LogP contribution in [0.5, 0.6) is 0 Å². The molecule has 1 aromatic carbocycles. The number of thioether (sulfide) groups is 1. The zero-order chi connectivity index (χ0) is 17.0. The first-order valence-electron chi connectivity index (χ1n) is 6.67. The van der Waals surface area contributed by atoms with Crippen LogP contribution in [0, 0.1) is 13.8 Å². The van der Waals surface area contributed by atoms with Gasteiger partial charge in [-0.15, -0.1) is 0 Å². The van der Waals surface area contributed by atoms with Crippen LogP contribution in [0.1, 0.15) is 21.7 Å². The summed E-state index contributed by atoms with van der Waals surface area (Å²) in [6, 6.07) is 10.6. The van der Waals surface area contributed by atoms with Crippen LogP contribution >= 0.6 is 46.6 Å². The third kappa shape index (κ3) is 5.53. The van der Waals surface area contributed by atoms with E-state index in [0.717, 1.165) is 23.1 Å². The van der Waals surface area contributed by atoms with Gasteiger partial charge in [0.15, 0.2) is 5.16 Å². The van der Waals surface area contributed by atoms with Gasteiger partial charge in [0.1, 0.15) is 5.37 Å². The average molecular weight is 391 g/mol. The topological polar surface area (TPSA) is 54.9 Å². The van der Waals surface area contributed by atoms with E-state index in [1.807, 2.05) is 26.0 Å². The van der Waals surface area contributed by atoms with Crippen LogP contribution in [0.2, 0.25) is 0 Å². The normalized spacial score (nSPS) is 12.7. The Balaban J connectivity index is 2.19. The second kappa shape index (κ2) is 7.71. The molecule has 0 aliphatic carbocycles. The second-order valence-corrected chi connectivity index (χ2v) is 8.25. The molecule has 1 heterocycles. The summed E-state index contributed by atoms with van der Waals surface area (Å²) in [4.78, 5) is 20.9. The SMILES string of the molecule is Cc1cc(C)nc(S[C@H](NC(=O)c2ccccc2)C(Cl)(Cl)Cl)n1. The maximum atomic E-state index is 12.3. The first-order chi connectivity index (χ1) is 10.8. The van der Waals surface area contributed by atoms with E-state index in [4.69, 9.17) is 34.8 Å². The smallest absolute Gasteiger partial charge is 0.252 e. The lowest BCUT2D eigenvalue weighted by molar-refractivity contribution is 0.0950. The van der Waals surface area contributed by atoms with Crippen molar-refractivity contribution in [3.05, 3.63) is 53.3 Å². The van der Waals surface area contributed by atoms with Crippen LogP contribution in [0.15, 0.2) is 41.6 Å². The Labute approximate surface area is 153 Å². The van der Waals surface area contributed by atoms with E-state index >= 15 is 0 Å². The number of benzene rings is 1. The number of carbonyl (C=O) groups is 1. The summed E-state index contributed by atoms with van der Waals surface area (Å²) >= 11 is 19.1. The Kier molecular flexibility index (Phi) is 6.14. The third-order valence-electron chi connectivity index (χ3n) is 2.78. The van der Waals surface area contributed by atoms with Gasteiger partial charge in [-0.25, -0.2) is 9.97 Å². The number of amides is 1. The molecule has 0 fully saturated rings. The summed E-state index contributed by atoms with van der Waals surface area (Å²) in [7, 11) is 0. The summed E-state index contributed by atoms with van der Waals surface area (Å²) in [5, 5.41) is 2.31. The molecule has 2 rings (SSSR count). The van der Waals surface area contributed by atoms with Crippen molar-refractivity contribution in [1.29, 1.82) is 0 Å². The van der Waals surface area contributed by atoms with Gasteiger partial charge in [-0.2, -0.15) is 0 Å². The van der Waals surface area contributed by atoms with E-state index in [0.29, 0.717) is 10.7 Å². The molecule has 122 valence electrons. The molecule has 0 saturated carbocycles. The summed E-state index contributed by atoms with van der Waals surface area (Å²) in [5.41, 5.74) is 2.09. The minimum Gasteiger partial charge on any atom is -0.336 e. The molecule has 0 aliphatic rings. The molecular weight excluding hydrogens is 377 g/mol. The van der Waals surface area contributed by atoms with Crippen molar-refractivity contribution in [3.63, 3.8) is 0 Å². The molecule has 1 atom stereocenters. The average Bonchev–Trinajstić information content (AvgIpc) is 2.45. The van der Waals surface area contributed by atoms with Crippen molar-refractivity contribution in [2.24, 2.45) is 0 Å². The molecule has 0 radical (unpaired) electrons. The van der Waals surface area contributed by atoms with E-state index in [1.54, 1.807) is 24.3 Å². The Morgan fingerprint density at radius 1 is 1.13 bits per heavy atom.